The third-order valence-electron chi connectivity index (χ3n) is 4.74. The number of hydrogen-bond acceptors (Lipinski definition) is 15. The van der Waals surface area contributed by atoms with Gasteiger partial charge < -0.3 is 29.1 Å². The first-order chi connectivity index (χ1) is 17.3. The SMILES string of the molecule is CC(=O)OC[C@@H]1O[C@@H](OC(C)=O)[C@H](OC(C)=O)[C@@H](NNc2ccc([N+](=O)[O-])c([N+](=O)[O-])c2)[C@@H]1OC(C)=O. The van der Waals surface area contributed by atoms with Gasteiger partial charge in [0.2, 0.25) is 6.29 Å². The fourth-order valence-electron chi connectivity index (χ4n) is 3.40. The third-order valence-corrected chi connectivity index (χ3v) is 4.74. The van der Waals surface area contributed by atoms with E-state index >= 15 is 0 Å². The van der Waals surface area contributed by atoms with Gasteiger partial charge in [-0.15, -0.1) is 0 Å². The third kappa shape index (κ3) is 8.07. The van der Waals surface area contributed by atoms with Crippen molar-refractivity contribution in [3.8, 4) is 0 Å². The molecule has 1 saturated heterocycles. The summed E-state index contributed by atoms with van der Waals surface area (Å²) >= 11 is 0. The van der Waals surface area contributed by atoms with Crippen molar-refractivity contribution >= 4 is 40.9 Å². The number of rotatable bonds is 10. The second-order valence-corrected chi connectivity index (χ2v) is 7.62. The predicted molar refractivity (Wildman–Crippen MR) is 118 cm³/mol. The van der Waals surface area contributed by atoms with Crippen molar-refractivity contribution in [1.82, 2.24) is 5.43 Å². The van der Waals surface area contributed by atoms with Gasteiger partial charge in [-0.05, 0) is 6.07 Å². The Morgan fingerprint density at radius 3 is 1.95 bits per heavy atom. The highest BCUT2D eigenvalue weighted by Crippen LogP contribution is 2.31. The molecule has 17 heteroatoms. The fourth-order valence-corrected chi connectivity index (χ4v) is 3.40. The Balaban J connectivity index is 2.48. The number of nitro groups is 2. The van der Waals surface area contributed by atoms with Crippen molar-refractivity contribution in [2.45, 2.75) is 58.3 Å². The number of hydrogen-bond donors (Lipinski definition) is 2. The van der Waals surface area contributed by atoms with Gasteiger partial charge in [0, 0.05) is 39.8 Å². The molecule has 1 aromatic carbocycles. The summed E-state index contributed by atoms with van der Waals surface area (Å²) in [4.78, 5) is 67.2. The lowest BCUT2D eigenvalue weighted by molar-refractivity contribution is -0.422. The molecule has 37 heavy (non-hydrogen) atoms. The molecule has 2 N–H and O–H groups in total. The zero-order valence-corrected chi connectivity index (χ0v) is 20.0. The topological polar surface area (TPSA) is 225 Å². The molecule has 0 aliphatic carbocycles. The van der Waals surface area contributed by atoms with Crippen molar-refractivity contribution in [3.05, 3.63) is 38.4 Å². The number of nitrogens with zero attached hydrogens (tertiary/aromatic N) is 2. The molecule has 5 atom stereocenters. The van der Waals surface area contributed by atoms with Crippen molar-refractivity contribution in [3.63, 3.8) is 0 Å². The molecule has 1 aromatic rings. The standard InChI is InChI=1S/C20H24N4O13/c1-9(25)33-8-16-18(34-10(2)26)17(19(35-11(3)27)20(37-16)36-12(4)28)22-21-13-5-6-14(23(29)30)15(7-13)24(31)32/h5-7,16-22H,8H2,1-4H3/t16-,17-,18+,19+,20+/m0/s1. The molecule has 0 radical (unpaired) electrons. The summed E-state index contributed by atoms with van der Waals surface area (Å²) in [5, 5.41) is 22.4. The van der Waals surface area contributed by atoms with E-state index in [0.717, 1.165) is 45.9 Å². The minimum Gasteiger partial charge on any atom is -0.463 e. The van der Waals surface area contributed by atoms with Crippen molar-refractivity contribution < 1.29 is 52.7 Å². The minimum absolute atomic E-state index is 0.0347. The van der Waals surface area contributed by atoms with Crippen molar-refractivity contribution in [2.75, 3.05) is 12.0 Å². The van der Waals surface area contributed by atoms with E-state index in [1.54, 1.807) is 0 Å². The molecule has 202 valence electrons. The molecule has 1 aliphatic heterocycles. The predicted octanol–water partition coefficient (Wildman–Crippen LogP) is 0.503. The molecular weight excluding hydrogens is 504 g/mol. The Labute approximate surface area is 208 Å². The Morgan fingerprint density at radius 1 is 0.865 bits per heavy atom. The zero-order valence-electron chi connectivity index (χ0n) is 20.0. The Hall–Kier alpha value is -4.38. The molecule has 1 fully saturated rings. The number of anilines is 1. The largest absolute Gasteiger partial charge is 0.463 e. The smallest absolute Gasteiger partial charge is 0.348 e. The van der Waals surface area contributed by atoms with Crippen LogP contribution in [0.15, 0.2) is 18.2 Å². The van der Waals surface area contributed by atoms with E-state index in [2.05, 4.69) is 10.9 Å². The van der Waals surface area contributed by atoms with Crippen LogP contribution in [0.25, 0.3) is 0 Å². The molecule has 0 saturated carbocycles. The van der Waals surface area contributed by atoms with E-state index in [0.29, 0.717) is 0 Å². The van der Waals surface area contributed by atoms with Crippen LogP contribution in [-0.4, -0.2) is 71.0 Å². The number of carbonyl (C=O) groups is 4. The van der Waals surface area contributed by atoms with Gasteiger partial charge in [0.1, 0.15) is 18.8 Å². The van der Waals surface area contributed by atoms with Gasteiger partial charge in [0.05, 0.1) is 15.5 Å². The van der Waals surface area contributed by atoms with Gasteiger partial charge in [-0.1, -0.05) is 0 Å². The number of esters is 4. The Bertz CT molecular complexity index is 1080. The van der Waals surface area contributed by atoms with E-state index in [1.165, 1.54) is 0 Å². The number of carbonyl (C=O) groups excluding carboxylic acids is 4. The summed E-state index contributed by atoms with van der Waals surface area (Å²) in [6.07, 6.45) is -5.55. The number of nitrogens with one attached hydrogen (secondary N) is 2. The Morgan fingerprint density at radius 2 is 1.43 bits per heavy atom. The lowest BCUT2D eigenvalue weighted by atomic mass is 9.96. The summed E-state index contributed by atoms with van der Waals surface area (Å²) in [5.41, 5.74) is 3.65. The highest BCUT2D eigenvalue weighted by molar-refractivity contribution is 5.68. The van der Waals surface area contributed by atoms with Crippen LogP contribution >= 0.6 is 0 Å². The minimum atomic E-state index is -1.56. The summed E-state index contributed by atoms with van der Waals surface area (Å²) in [7, 11) is 0. The summed E-state index contributed by atoms with van der Waals surface area (Å²) < 4.78 is 26.3. The molecule has 0 spiro atoms. The number of hydrazine groups is 1. The van der Waals surface area contributed by atoms with E-state index < -0.39 is 82.3 Å². The van der Waals surface area contributed by atoms with Crippen LogP contribution < -0.4 is 10.9 Å². The zero-order chi connectivity index (χ0) is 27.9. The molecule has 1 aliphatic rings. The van der Waals surface area contributed by atoms with Crippen LogP contribution in [0.4, 0.5) is 17.1 Å². The fraction of sp³-hybridized carbons (Fsp3) is 0.500. The van der Waals surface area contributed by atoms with Crippen LogP contribution in [0.5, 0.6) is 0 Å². The quantitative estimate of drug-likeness (QED) is 0.182. The monoisotopic (exact) mass is 528 g/mol. The van der Waals surface area contributed by atoms with Gasteiger partial charge in [0.25, 0.3) is 0 Å². The van der Waals surface area contributed by atoms with E-state index in [4.69, 9.17) is 23.7 Å². The normalized spacial score (nSPS) is 22.8. The number of ether oxygens (including phenoxy) is 5. The molecule has 0 unspecified atom stereocenters. The van der Waals surface area contributed by atoms with Crippen LogP contribution in [0.3, 0.4) is 0 Å². The first kappa shape index (κ1) is 28.9. The molecule has 0 bridgehead atoms. The Kier molecular flexibility index (Phi) is 9.78. The number of benzene rings is 1. The second kappa shape index (κ2) is 12.5. The summed E-state index contributed by atoms with van der Waals surface area (Å²) in [6.45, 7) is 3.85. The first-order valence-corrected chi connectivity index (χ1v) is 10.5. The van der Waals surface area contributed by atoms with Gasteiger partial charge >= 0.3 is 35.3 Å². The average molecular weight is 528 g/mol. The van der Waals surface area contributed by atoms with Crippen LogP contribution in [-0.2, 0) is 42.9 Å². The molecule has 17 nitrogen and oxygen atoms in total. The van der Waals surface area contributed by atoms with Crippen LogP contribution in [0.1, 0.15) is 27.7 Å². The lowest BCUT2D eigenvalue weighted by Crippen LogP contribution is -2.67. The maximum absolute atomic E-state index is 11.9. The maximum Gasteiger partial charge on any atom is 0.348 e. The van der Waals surface area contributed by atoms with E-state index in [9.17, 15) is 39.4 Å². The lowest BCUT2D eigenvalue weighted by Gasteiger charge is -2.44. The number of nitro benzene ring substituents is 2. The molecule has 2 rings (SSSR count). The first-order valence-electron chi connectivity index (χ1n) is 10.5. The van der Waals surface area contributed by atoms with Gasteiger partial charge in [-0.3, -0.25) is 39.4 Å². The van der Waals surface area contributed by atoms with E-state index in [-0.39, 0.29) is 5.69 Å². The summed E-state index contributed by atoms with van der Waals surface area (Å²) in [6, 6.07) is 1.65. The highest BCUT2D eigenvalue weighted by atomic mass is 16.7. The van der Waals surface area contributed by atoms with Crippen molar-refractivity contribution in [2.24, 2.45) is 0 Å². The average Bonchev–Trinajstić information content (AvgIpc) is 2.77. The van der Waals surface area contributed by atoms with Gasteiger partial charge in [-0.2, -0.15) is 0 Å². The molecule has 0 aromatic heterocycles. The van der Waals surface area contributed by atoms with E-state index in [1.807, 2.05) is 0 Å². The molecule has 1 heterocycles. The molecular formula is C20H24N4O13. The summed E-state index contributed by atoms with van der Waals surface area (Å²) in [5.74, 6) is -3.15. The molecule has 0 amide bonds. The van der Waals surface area contributed by atoms with Gasteiger partial charge in [0.15, 0.2) is 12.2 Å². The second-order valence-electron chi connectivity index (χ2n) is 7.62. The van der Waals surface area contributed by atoms with Crippen molar-refractivity contribution in [1.29, 1.82) is 0 Å². The van der Waals surface area contributed by atoms with Crippen LogP contribution in [0, 0.1) is 20.2 Å². The van der Waals surface area contributed by atoms with Crippen LogP contribution in [0.2, 0.25) is 0 Å². The maximum atomic E-state index is 11.9. The highest BCUT2D eigenvalue weighted by Gasteiger charge is 2.51. The van der Waals surface area contributed by atoms with Gasteiger partial charge in [-0.25, -0.2) is 5.43 Å².